The highest BCUT2D eigenvalue weighted by molar-refractivity contribution is 9.10. The summed E-state index contributed by atoms with van der Waals surface area (Å²) in [5.41, 5.74) is 3.50. The average molecular weight is 445 g/mol. The summed E-state index contributed by atoms with van der Waals surface area (Å²) in [6.45, 7) is 8.68. The van der Waals surface area contributed by atoms with Gasteiger partial charge in [-0.2, -0.15) is 0 Å². The van der Waals surface area contributed by atoms with Crippen LogP contribution >= 0.6 is 27.5 Å². The van der Waals surface area contributed by atoms with Crippen molar-refractivity contribution in [2.75, 3.05) is 23.5 Å². The molecule has 0 aliphatic carbocycles. The second kappa shape index (κ2) is 6.52. The number of benzene rings is 1. The Kier molecular flexibility index (Phi) is 4.85. The van der Waals surface area contributed by atoms with E-state index in [-0.39, 0.29) is 23.0 Å². The molecule has 2 aromatic rings. The quantitative estimate of drug-likeness (QED) is 0.668. The van der Waals surface area contributed by atoms with Crippen LogP contribution in [0.5, 0.6) is 0 Å². The number of nitrogens with zero attached hydrogens (tertiary/aromatic N) is 3. The molecule has 1 aromatic carbocycles. The molecule has 0 N–H and O–H groups in total. The van der Waals surface area contributed by atoms with Gasteiger partial charge in [-0.05, 0) is 37.1 Å². The predicted molar refractivity (Wildman–Crippen MR) is 107 cm³/mol. The summed E-state index contributed by atoms with van der Waals surface area (Å²) in [5, 5.41) is 1.07. The van der Waals surface area contributed by atoms with E-state index in [4.69, 9.17) is 11.6 Å². The SMILES string of the molecule is C=C(C)c1c(Br)cc(N2C[C@H](CS(C)(=O)=O)[C@H]2C)c2cnc(Cl)nc12. The van der Waals surface area contributed by atoms with Gasteiger partial charge in [0.25, 0.3) is 0 Å². The van der Waals surface area contributed by atoms with Crippen LogP contribution in [-0.2, 0) is 9.84 Å². The average Bonchev–Trinajstić information content (AvgIpc) is 2.48. The van der Waals surface area contributed by atoms with Crippen molar-refractivity contribution in [3.8, 4) is 0 Å². The van der Waals surface area contributed by atoms with Gasteiger partial charge in [0.05, 0.1) is 11.3 Å². The van der Waals surface area contributed by atoms with Crippen LogP contribution in [0.1, 0.15) is 19.4 Å². The zero-order chi connectivity index (χ0) is 18.5. The Labute approximate surface area is 161 Å². The highest BCUT2D eigenvalue weighted by Gasteiger charge is 2.38. The Hall–Kier alpha value is -1.18. The molecule has 3 rings (SSSR count). The third kappa shape index (κ3) is 3.55. The molecule has 1 aliphatic rings. The Morgan fingerprint density at radius 2 is 2.20 bits per heavy atom. The molecule has 25 heavy (non-hydrogen) atoms. The fourth-order valence-corrected chi connectivity index (χ4v) is 5.39. The number of hydrogen-bond donors (Lipinski definition) is 0. The second-order valence-corrected chi connectivity index (χ2v) is 10.1. The summed E-state index contributed by atoms with van der Waals surface area (Å²) in [5.74, 6) is 0.327. The van der Waals surface area contributed by atoms with Gasteiger partial charge in [-0.3, -0.25) is 0 Å². The number of rotatable bonds is 4. The molecule has 0 radical (unpaired) electrons. The van der Waals surface area contributed by atoms with E-state index in [1.807, 2.05) is 19.9 Å². The van der Waals surface area contributed by atoms with Gasteiger partial charge in [0.2, 0.25) is 5.28 Å². The fourth-order valence-electron chi connectivity index (χ4n) is 3.35. The number of allylic oxidation sites excluding steroid dienone is 1. The van der Waals surface area contributed by atoms with Gasteiger partial charge < -0.3 is 4.90 Å². The van der Waals surface area contributed by atoms with E-state index < -0.39 is 9.84 Å². The predicted octanol–water partition coefficient (Wildman–Crippen LogP) is 3.95. The third-order valence-electron chi connectivity index (χ3n) is 4.63. The maximum absolute atomic E-state index is 11.6. The first kappa shape index (κ1) is 18.6. The molecule has 134 valence electrons. The number of fused-ring (bicyclic) bond motifs is 1. The molecule has 5 nitrogen and oxygen atoms in total. The summed E-state index contributed by atoms with van der Waals surface area (Å²) < 4.78 is 24.0. The van der Waals surface area contributed by atoms with Gasteiger partial charge in [0, 0.05) is 52.1 Å². The fraction of sp³-hybridized carbons (Fsp3) is 0.412. The van der Waals surface area contributed by atoms with Crippen LogP contribution in [0.15, 0.2) is 23.3 Å². The molecular weight excluding hydrogens is 426 g/mol. The van der Waals surface area contributed by atoms with Crippen molar-refractivity contribution < 1.29 is 8.42 Å². The van der Waals surface area contributed by atoms with Crippen molar-refractivity contribution in [2.45, 2.75) is 19.9 Å². The van der Waals surface area contributed by atoms with E-state index in [0.29, 0.717) is 6.54 Å². The number of anilines is 1. The monoisotopic (exact) mass is 443 g/mol. The van der Waals surface area contributed by atoms with Crippen LogP contribution in [0.25, 0.3) is 16.5 Å². The largest absolute Gasteiger partial charge is 0.367 e. The lowest BCUT2D eigenvalue weighted by molar-refractivity contribution is 0.342. The number of aromatic nitrogens is 2. The minimum Gasteiger partial charge on any atom is -0.367 e. The lowest BCUT2D eigenvalue weighted by Gasteiger charge is -2.48. The van der Waals surface area contributed by atoms with E-state index >= 15 is 0 Å². The summed E-state index contributed by atoms with van der Waals surface area (Å²) in [4.78, 5) is 10.7. The van der Waals surface area contributed by atoms with E-state index in [1.54, 1.807) is 6.20 Å². The Morgan fingerprint density at radius 3 is 2.76 bits per heavy atom. The summed E-state index contributed by atoms with van der Waals surface area (Å²) in [7, 11) is -2.99. The molecule has 0 amide bonds. The molecule has 2 atom stereocenters. The topological polar surface area (TPSA) is 63.2 Å². The van der Waals surface area contributed by atoms with E-state index in [1.165, 1.54) is 6.26 Å². The maximum atomic E-state index is 11.6. The molecule has 1 saturated heterocycles. The third-order valence-corrected chi connectivity index (χ3v) is 6.47. The van der Waals surface area contributed by atoms with Crippen LogP contribution in [0, 0.1) is 5.92 Å². The standard InChI is InChI=1S/C17H19BrClN3O2S/c1-9(2)15-13(18)5-14(12-6-20-17(19)21-16(12)15)22-7-11(10(22)3)8-25(4,23)24/h5-6,10-11H,1,7-8H2,2-4H3/t10-,11-/m1/s1. The molecule has 2 heterocycles. The van der Waals surface area contributed by atoms with Crippen molar-refractivity contribution in [1.82, 2.24) is 9.97 Å². The summed E-state index contributed by atoms with van der Waals surface area (Å²) >= 11 is 9.62. The van der Waals surface area contributed by atoms with Crippen LogP contribution in [0.3, 0.4) is 0 Å². The molecule has 0 saturated carbocycles. The summed E-state index contributed by atoms with van der Waals surface area (Å²) in [6, 6.07) is 2.15. The smallest absolute Gasteiger partial charge is 0.222 e. The van der Waals surface area contributed by atoms with Gasteiger partial charge in [-0.1, -0.05) is 22.5 Å². The van der Waals surface area contributed by atoms with E-state index in [2.05, 4.69) is 37.4 Å². The number of halogens is 2. The first-order chi connectivity index (χ1) is 11.6. The molecule has 0 unspecified atom stereocenters. The van der Waals surface area contributed by atoms with Crippen LogP contribution in [0.4, 0.5) is 5.69 Å². The van der Waals surface area contributed by atoms with Gasteiger partial charge in [-0.15, -0.1) is 0 Å². The first-order valence-corrected chi connectivity index (χ1v) is 11.1. The maximum Gasteiger partial charge on any atom is 0.222 e. The highest BCUT2D eigenvalue weighted by atomic mass is 79.9. The van der Waals surface area contributed by atoms with Gasteiger partial charge >= 0.3 is 0 Å². The molecule has 0 bridgehead atoms. The first-order valence-electron chi connectivity index (χ1n) is 7.83. The second-order valence-electron chi connectivity index (χ2n) is 6.68. The van der Waals surface area contributed by atoms with Crippen LogP contribution in [0.2, 0.25) is 5.28 Å². The van der Waals surface area contributed by atoms with Crippen molar-refractivity contribution in [2.24, 2.45) is 5.92 Å². The van der Waals surface area contributed by atoms with Gasteiger partial charge in [0.15, 0.2) is 0 Å². The molecule has 0 spiro atoms. The molecule has 1 fully saturated rings. The zero-order valence-corrected chi connectivity index (χ0v) is 17.4. The van der Waals surface area contributed by atoms with E-state index in [0.717, 1.165) is 32.2 Å². The van der Waals surface area contributed by atoms with Crippen molar-refractivity contribution in [1.29, 1.82) is 0 Å². The van der Waals surface area contributed by atoms with E-state index in [9.17, 15) is 8.42 Å². The molecule has 1 aromatic heterocycles. The Bertz CT molecular complexity index is 978. The van der Waals surface area contributed by atoms with Crippen molar-refractivity contribution in [3.63, 3.8) is 0 Å². The Balaban J connectivity index is 2.07. The lowest BCUT2D eigenvalue weighted by Crippen LogP contribution is -2.57. The normalized spacial score (nSPS) is 20.6. The van der Waals surface area contributed by atoms with Crippen LogP contribution in [-0.4, -0.2) is 43.0 Å². The van der Waals surface area contributed by atoms with Crippen LogP contribution < -0.4 is 4.90 Å². The summed E-state index contributed by atoms with van der Waals surface area (Å²) in [6.07, 6.45) is 3.00. The zero-order valence-electron chi connectivity index (χ0n) is 14.3. The lowest BCUT2D eigenvalue weighted by atomic mass is 9.90. The van der Waals surface area contributed by atoms with Gasteiger partial charge in [0.1, 0.15) is 9.84 Å². The minimum atomic E-state index is -2.99. The number of hydrogen-bond acceptors (Lipinski definition) is 5. The van der Waals surface area contributed by atoms with Crippen molar-refractivity contribution >= 4 is 59.5 Å². The van der Waals surface area contributed by atoms with Gasteiger partial charge in [-0.25, -0.2) is 18.4 Å². The minimum absolute atomic E-state index is 0.121. The molecule has 8 heteroatoms. The Morgan fingerprint density at radius 1 is 1.52 bits per heavy atom. The van der Waals surface area contributed by atoms with Crippen molar-refractivity contribution in [3.05, 3.63) is 34.2 Å². The molecular formula is C17H19BrClN3O2S. The highest BCUT2D eigenvalue weighted by Crippen LogP contribution is 2.41. The number of sulfone groups is 1. The molecule has 1 aliphatic heterocycles.